The summed E-state index contributed by atoms with van der Waals surface area (Å²) in [5.74, 6) is -0.469. The molecule has 0 bridgehead atoms. The number of hydrogen-bond donors (Lipinski definition) is 0. The lowest BCUT2D eigenvalue weighted by molar-refractivity contribution is 0.581. The Labute approximate surface area is 86.2 Å². The highest BCUT2D eigenvalue weighted by molar-refractivity contribution is 5.34. The molecule has 1 aromatic heterocycles. The second-order valence-electron chi connectivity index (χ2n) is 3.43. The highest BCUT2D eigenvalue weighted by Gasteiger charge is 2.06. The largest absolute Gasteiger partial charge is 0.304 e. The molecule has 2 nitrogen and oxygen atoms in total. The SMILES string of the molecule is Cc1cn(-c2cc(F)cc(F)c2)c(C)n1. The number of halogens is 2. The molecular formula is C11H10F2N2. The van der Waals surface area contributed by atoms with Crippen LogP contribution in [0.25, 0.3) is 5.69 Å². The van der Waals surface area contributed by atoms with Crippen LogP contribution in [0.3, 0.4) is 0 Å². The molecule has 0 unspecified atom stereocenters. The Morgan fingerprint density at radius 3 is 2.13 bits per heavy atom. The molecule has 78 valence electrons. The average molecular weight is 208 g/mol. The monoisotopic (exact) mass is 208 g/mol. The molecule has 4 heteroatoms. The fourth-order valence-corrected chi connectivity index (χ4v) is 1.56. The zero-order valence-corrected chi connectivity index (χ0v) is 8.46. The predicted molar refractivity (Wildman–Crippen MR) is 53.0 cm³/mol. The third kappa shape index (κ3) is 1.88. The quantitative estimate of drug-likeness (QED) is 0.704. The summed E-state index contributed by atoms with van der Waals surface area (Å²) in [5, 5.41) is 0. The van der Waals surface area contributed by atoms with E-state index in [2.05, 4.69) is 4.98 Å². The van der Waals surface area contributed by atoms with Gasteiger partial charge < -0.3 is 4.57 Å². The summed E-state index contributed by atoms with van der Waals surface area (Å²) < 4.78 is 27.6. The first-order chi connectivity index (χ1) is 7.06. The molecule has 0 atom stereocenters. The minimum atomic E-state index is -0.587. The van der Waals surface area contributed by atoms with E-state index in [1.165, 1.54) is 12.1 Å². The highest BCUT2D eigenvalue weighted by atomic mass is 19.1. The smallest absolute Gasteiger partial charge is 0.128 e. The van der Waals surface area contributed by atoms with Crippen molar-refractivity contribution < 1.29 is 8.78 Å². The fraction of sp³-hybridized carbons (Fsp3) is 0.182. The van der Waals surface area contributed by atoms with E-state index in [9.17, 15) is 8.78 Å². The summed E-state index contributed by atoms with van der Waals surface area (Å²) in [6.45, 7) is 3.62. The zero-order chi connectivity index (χ0) is 11.0. The topological polar surface area (TPSA) is 17.8 Å². The van der Waals surface area contributed by atoms with Gasteiger partial charge in [-0.25, -0.2) is 13.8 Å². The summed E-state index contributed by atoms with van der Waals surface area (Å²) in [6, 6.07) is 3.40. The molecule has 0 spiro atoms. The first kappa shape index (κ1) is 9.83. The van der Waals surface area contributed by atoms with Crippen LogP contribution in [0.5, 0.6) is 0 Å². The van der Waals surface area contributed by atoms with Crippen molar-refractivity contribution in [1.82, 2.24) is 9.55 Å². The van der Waals surface area contributed by atoms with Gasteiger partial charge in [-0.3, -0.25) is 0 Å². The standard InChI is InChI=1S/C11H10F2N2/c1-7-6-15(8(2)14-7)11-4-9(12)3-10(13)5-11/h3-6H,1-2H3. The van der Waals surface area contributed by atoms with Crippen molar-refractivity contribution in [3.05, 3.63) is 47.5 Å². The molecular weight excluding hydrogens is 198 g/mol. The van der Waals surface area contributed by atoms with E-state index < -0.39 is 11.6 Å². The minimum absolute atomic E-state index is 0.450. The number of nitrogens with zero attached hydrogens (tertiary/aromatic N) is 2. The van der Waals surface area contributed by atoms with E-state index in [4.69, 9.17) is 0 Å². The molecule has 0 aliphatic carbocycles. The van der Waals surface area contributed by atoms with E-state index in [1.807, 2.05) is 6.92 Å². The maximum absolute atomic E-state index is 13.0. The average Bonchev–Trinajstić information content (AvgIpc) is 2.43. The van der Waals surface area contributed by atoms with Crippen LogP contribution >= 0.6 is 0 Å². The van der Waals surface area contributed by atoms with Gasteiger partial charge in [-0.15, -0.1) is 0 Å². The van der Waals surface area contributed by atoms with Crippen molar-refractivity contribution in [2.24, 2.45) is 0 Å². The molecule has 0 aliphatic heterocycles. The number of hydrogen-bond acceptors (Lipinski definition) is 1. The summed E-state index contributed by atoms with van der Waals surface area (Å²) in [6.07, 6.45) is 1.74. The van der Waals surface area contributed by atoms with Gasteiger partial charge >= 0.3 is 0 Å². The lowest BCUT2D eigenvalue weighted by Crippen LogP contribution is -1.97. The van der Waals surface area contributed by atoms with Gasteiger partial charge in [0.05, 0.1) is 11.4 Å². The van der Waals surface area contributed by atoms with Gasteiger partial charge in [0.15, 0.2) is 0 Å². The molecule has 0 N–H and O–H groups in total. The number of imidazole rings is 1. The molecule has 0 fully saturated rings. The molecule has 0 saturated heterocycles. The van der Waals surface area contributed by atoms with Gasteiger partial charge in [0, 0.05) is 12.3 Å². The molecule has 2 aromatic rings. The van der Waals surface area contributed by atoms with Crippen molar-refractivity contribution in [3.8, 4) is 5.69 Å². The summed E-state index contributed by atoms with van der Waals surface area (Å²) in [7, 11) is 0. The maximum atomic E-state index is 13.0. The van der Waals surface area contributed by atoms with E-state index >= 15 is 0 Å². The molecule has 0 radical (unpaired) electrons. The van der Waals surface area contributed by atoms with Crippen LogP contribution < -0.4 is 0 Å². The molecule has 2 rings (SSSR count). The van der Waals surface area contributed by atoms with Gasteiger partial charge in [-0.2, -0.15) is 0 Å². The maximum Gasteiger partial charge on any atom is 0.128 e. The Morgan fingerprint density at radius 1 is 1.07 bits per heavy atom. The predicted octanol–water partition coefficient (Wildman–Crippen LogP) is 2.77. The van der Waals surface area contributed by atoms with E-state index in [-0.39, 0.29) is 0 Å². The van der Waals surface area contributed by atoms with Crippen molar-refractivity contribution in [1.29, 1.82) is 0 Å². The van der Waals surface area contributed by atoms with Crippen LogP contribution in [0.15, 0.2) is 24.4 Å². The third-order valence-electron chi connectivity index (χ3n) is 2.13. The van der Waals surface area contributed by atoms with Crippen molar-refractivity contribution in [3.63, 3.8) is 0 Å². The number of aryl methyl sites for hydroxylation is 2. The van der Waals surface area contributed by atoms with Crippen LogP contribution in [-0.4, -0.2) is 9.55 Å². The molecule has 0 aliphatic rings. The van der Waals surface area contributed by atoms with Crippen LogP contribution in [-0.2, 0) is 0 Å². The minimum Gasteiger partial charge on any atom is -0.304 e. The third-order valence-corrected chi connectivity index (χ3v) is 2.13. The Bertz CT molecular complexity index is 483. The molecule has 1 heterocycles. The second kappa shape index (κ2) is 3.46. The normalized spacial score (nSPS) is 10.7. The van der Waals surface area contributed by atoms with Gasteiger partial charge in [-0.05, 0) is 26.0 Å². The molecule has 1 aromatic carbocycles. The van der Waals surface area contributed by atoms with Gasteiger partial charge in [0.2, 0.25) is 0 Å². The highest BCUT2D eigenvalue weighted by Crippen LogP contribution is 2.15. The Morgan fingerprint density at radius 2 is 1.67 bits per heavy atom. The second-order valence-corrected chi connectivity index (χ2v) is 3.43. The van der Waals surface area contributed by atoms with E-state index in [0.717, 1.165) is 11.8 Å². The Hall–Kier alpha value is -1.71. The van der Waals surface area contributed by atoms with Crippen molar-refractivity contribution in [2.75, 3.05) is 0 Å². The summed E-state index contributed by atoms with van der Waals surface area (Å²) >= 11 is 0. The fourth-order valence-electron chi connectivity index (χ4n) is 1.56. The number of benzene rings is 1. The van der Waals surface area contributed by atoms with Crippen LogP contribution in [0.2, 0.25) is 0 Å². The summed E-state index contributed by atoms with van der Waals surface area (Å²) in [5.41, 5.74) is 1.27. The van der Waals surface area contributed by atoms with E-state index in [0.29, 0.717) is 11.5 Å². The van der Waals surface area contributed by atoms with Gasteiger partial charge in [-0.1, -0.05) is 0 Å². The lowest BCUT2D eigenvalue weighted by Gasteiger charge is -2.04. The first-order valence-corrected chi connectivity index (χ1v) is 4.55. The number of aromatic nitrogens is 2. The zero-order valence-electron chi connectivity index (χ0n) is 8.46. The van der Waals surface area contributed by atoms with Crippen molar-refractivity contribution >= 4 is 0 Å². The summed E-state index contributed by atoms with van der Waals surface area (Å²) in [4.78, 5) is 4.16. The Kier molecular flexibility index (Phi) is 2.26. The Balaban J connectivity index is 2.58. The van der Waals surface area contributed by atoms with Gasteiger partial charge in [0.25, 0.3) is 0 Å². The van der Waals surface area contributed by atoms with Crippen molar-refractivity contribution in [2.45, 2.75) is 13.8 Å². The first-order valence-electron chi connectivity index (χ1n) is 4.55. The van der Waals surface area contributed by atoms with Crippen LogP contribution in [0.1, 0.15) is 11.5 Å². The van der Waals surface area contributed by atoms with Gasteiger partial charge in [0.1, 0.15) is 17.5 Å². The lowest BCUT2D eigenvalue weighted by atomic mass is 10.3. The van der Waals surface area contributed by atoms with Crippen LogP contribution in [0.4, 0.5) is 8.78 Å². The molecule has 0 saturated carbocycles. The number of rotatable bonds is 1. The van der Waals surface area contributed by atoms with Crippen LogP contribution in [0, 0.1) is 25.5 Å². The molecule has 0 amide bonds. The van der Waals surface area contributed by atoms with E-state index in [1.54, 1.807) is 17.7 Å². The molecule has 15 heavy (non-hydrogen) atoms.